The number of carbonyl (C=O) groups excluding carboxylic acids is 1. The lowest BCUT2D eigenvalue weighted by molar-refractivity contribution is -0.116. The number of allylic oxidation sites excluding steroid dienone is 1. The lowest BCUT2D eigenvalue weighted by atomic mass is 9.80. The van der Waals surface area contributed by atoms with Crippen LogP contribution >= 0.6 is 11.3 Å². The molecule has 0 saturated carbocycles. The van der Waals surface area contributed by atoms with E-state index in [2.05, 4.69) is 34.2 Å². The van der Waals surface area contributed by atoms with Gasteiger partial charge in [0.2, 0.25) is 0 Å². The van der Waals surface area contributed by atoms with Crippen molar-refractivity contribution in [2.24, 2.45) is 0 Å². The van der Waals surface area contributed by atoms with E-state index >= 15 is 0 Å². The molecule has 146 valence electrons. The zero-order valence-electron chi connectivity index (χ0n) is 16.1. The average molecular weight is 403 g/mol. The predicted molar refractivity (Wildman–Crippen MR) is 118 cm³/mol. The maximum atomic E-state index is 13.4. The number of hydrogen-bond acceptors (Lipinski definition) is 5. The Morgan fingerprint density at radius 3 is 2.55 bits per heavy atom. The number of hydrogen-bond donors (Lipinski definition) is 2. The van der Waals surface area contributed by atoms with Crippen LogP contribution in [-0.2, 0) is 4.79 Å². The molecule has 5 rings (SSSR count). The van der Waals surface area contributed by atoms with E-state index in [0.29, 0.717) is 6.42 Å². The van der Waals surface area contributed by atoms with Gasteiger partial charge in [-0.05, 0) is 36.1 Å². The first-order valence-electron chi connectivity index (χ1n) is 9.79. The number of para-hydroxylation sites is 3. The van der Waals surface area contributed by atoms with Crippen LogP contribution < -0.4 is 15.4 Å². The summed E-state index contributed by atoms with van der Waals surface area (Å²) in [7, 11) is 1.67. The van der Waals surface area contributed by atoms with Crippen LogP contribution in [0.15, 0.2) is 77.3 Å². The quantitative estimate of drug-likeness (QED) is 0.587. The molecule has 1 aliphatic heterocycles. The lowest BCUT2D eigenvalue weighted by Crippen LogP contribution is -2.26. The summed E-state index contributed by atoms with van der Waals surface area (Å²) in [5, 5.41) is 9.27. The van der Waals surface area contributed by atoms with Gasteiger partial charge in [0.1, 0.15) is 5.75 Å². The summed E-state index contributed by atoms with van der Waals surface area (Å²) in [6.45, 7) is 0. The Morgan fingerprint density at radius 2 is 1.76 bits per heavy atom. The fourth-order valence-electron chi connectivity index (χ4n) is 4.36. The van der Waals surface area contributed by atoms with Gasteiger partial charge < -0.3 is 15.4 Å². The Kier molecular flexibility index (Phi) is 4.60. The monoisotopic (exact) mass is 402 g/mol. The van der Waals surface area contributed by atoms with Gasteiger partial charge in [-0.25, -0.2) is 0 Å². The van der Waals surface area contributed by atoms with E-state index in [-0.39, 0.29) is 17.7 Å². The Bertz CT molecular complexity index is 1090. The summed E-state index contributed by atoms with van der Waals surface area (Å²) in [6.07, 6.45) is 1.36. The maximum Gasteiger partial charge on any atom is 0.163 e. The number of nitrogens with one attached hydrogen (secondary N) is 2. The van der Waals surface area contributed by atoms with Gasteiger partial charge in [0.15, 0.2) is 5.78 Å². The lowest BCUT2D eigenvalue weighted by Gasteiger charge is -2.29. The van der Waals surface area contributed by atoms with Crippen LogP contribution in [0.4, 0.5) is 11.4 Å². The summed E-state index contributed by atoms with van der Waals surface area (Å²) in [5.41, 5.74) is 4.78. The Labute approximate surface area is 174 Å². The number of methoxy groups -OCH3 is 1. The number of thiophene rings is 1. The van der Waals surface area contributed by atoms with E-state index in [0.717, 1.165) is 40.4 Å². The Balaban J connectivity index is 1.65. The molecule has 2 aromatic carbocycles. The topological polar surface area (TPSA) is 50.4 Å². The molecule has 0 saturated heterocycles. The minimum Gasteiger partial charge on any atom is -0.496 e. The van der Waals surface area contributed by atoms with Gasteiger partial charge in [-0.2, -0.15) is 0 Å². The normalized spacial score (nSPS) is 20.8. The van der Waals surface area contributed by atoms with Crippen molar-refractivity contribution in [3.8, 4) is 5.75 Å². The highest BCUT2D eigenvalue weighted by atomic mass is 32.1. The molecule has 0 unspecified atom stereocenters. The van der Waals surface area contributed by atoms with Crippen LogP contribution in [0, 0.1) is 0 Å². The molecule has 0 spiro atoms. The molecule has 3 aromatic rings. The Hall–Kier alpha value is -3.05. The highest BCUT2D eigenvalue weighted by molar-refractivity contribution is 7.10. The molecule has 2 atom stereocenters. The highest BCUT2D eigenvalue weighted by Gasteiger charge is 2.37. The standard InChI is InChI=1S/C24H22N2O2S/c1-28-21-10-5-2-7-16(21)24-23-19(25-17-8-3-4-9-18(17)26-24)13-15(14-20(23)27)22-11-6-12-29-22/h2-12,15,24-26H,13-14H2,1H3/t15-,24-/m1/s1. The third-order valence-electron chi connectivity index (χ3n) is 5.70. The van der Waals surface area contributed by atoms with Crippen molar-refractivity contribution < 1.29 is 9.53 Å². The van der Waals surface area contributed by atoms with Crippen molar-refractivity contribution in [3.63, 3.8) is 0 Å². The molecule has 0 fully saturated rings. The third kappa shape index (κ3) is 3.21. The van der Waals surface area contributed by atoms with Crippen LogP contribution in [0.25, 0.3) is 0 Å². The molecule has 2 heterocycles. The van der Waals surface area contributed by atoms with Crippen molar-refractivity contribution in [3.05, 3.63) is 87.8 Å². The molecule has 2 aliphatic rings. The second kappa shape index (κ2) is 7.41. The summed E-state index contributed by atoms with van der Waals surface area (Å²) >= 11 is 1.73. The van der Waals surface area contributed by atoms with Gasteiger partial charge in [0, 0.05) is 34.0 Å². The number of anilines is 2. The van der Waals surface area contributed by atoms with Crippen LogP contribution in [-0.4, -0.2) is 12.9 Å². The van der Waals surface area contributed by atoms with Gasteiger partial charge in [-0.1, -0.05) is 36.4 Å². The molecule has 29 heavy (non-hydrogen) atoms. The van der Waals surface area contributed by atoms with E-state index in [1.54, 1.807) is 18.4 Å². The molecule has 4 nitrogen and oxygen atoms in total. The highest BCUT2D eigenvalue weighted by Crippen LogP contribution is 2.46. The average Bonchev–Trinajstić information content (AvgIpc) is 3.23. The fourth-order valence-corrected chi connectivity index (χ4v) is 5.19. The number of ether oxygens (including phenoxy) is 1. The second-order valence-electron chi connectivity index (χ2n) is 7.43. The van der Waals surface area contributed by atoms with Crippen LogP contribution in [0.2, 0.25) is 0 Å². The zero-order chi connectivity index (χ0) is 19.8. The maximum absolute atomic E-state index is 13.4. The van der Waals surface area contributed by atoms with Gasteiger partial charge in [0.25, 0.3) is 0 Å². The number of Topliss-reactive ketones (excluding diaryl/α,β-unsaturated/α-hetero) is 1. The minimum atomic E-state index is -0.255. The minimum absolute atomic E-state index is 0.188. The molecule has 1 aromatic heterocycles. The molecular weight excluding hydrogens is 380 g/mol. The largest absolute Gasteiger partial charge is 0.496 e. The van der Waals surface area contributed by atoms with E-state index in [1.165, 1.54) is 4.88 Å². The predicted octanol–water partition coefficient (Wildman–Crippen LogP) is 5.74. The van der Waals surface area contributed by atoms with E-state index in [1.807, 2.05) is 42.5 Å². The Morgan fingerprint density at radius 1 is 0.966 bits per heavy atom. The summed E-state index contributed by atoms with van der Waals surface area (Å²) in [4.78, 5) is 14.7. The third-order valence-corrected chi connectivity index (χ3v) is 6.74. The molecule has 0 bridgehead atoms. The smallest absolute Gasteiger partial charge is 0.163 e. The van der Waals surface area contributed by atoms with Crippen molar-refractivity contribution in [1.82, 2.24) is 0 Å². The van der Waals surface area contributed by atoms with E-state index in [4.69, 9.17) is 4.74 Å². The molecule has 5 heteroatoms. The molecule has 0 radical (unpaired) electrons. The zero-order valence-corrected chi connectivity index (χ0v) is 17.0. The first-order valence-corrected chi connectivity index (χ1v) is 10.7. The number of rotatable bonds is 3. The van der Waals surface area contributed by atoms with Crippen molar-refractivity contribution in [2.75, 3.05) is 17.7 Å². The van der Waals surface area contributed by atoms with Gasteiger partial charge >= 0.3 is 0 Å². The van der Waals surface area contributed by atoms with Gasteiger partial charge in [-0.3, -0.25) is 4.79 Å². The first-order chi connectivity index (χ1) is 14.2. The van der Waals surface area contributed by atoms with Crippen molar-refractivity contribution in [1.29, 1.82) is 0 Å². The SMILES string of the molecule is COc1ccccc1[C@H]1Nc2ccccc2NC2=C1C(=O)C[C@H](c1cccs1)C2. The summed E-state index contributed by atoms with van der Waals surface area (Å²) in [6, 6.07) is 20.0. The van der Waals surface area contributed by atoms with Crippen LogP contribution in [0.1, 0.15) is 35.2 Å². The number of fused-ring (bicyclic) bond motifs is 1. The van der Waals surface area contributed by atoms with Crippen molar-refractivity contribution >= 4 is 28.5 Å². The van der Waals surface area contributed by atoms with Gasteiger partial charge in [0.05, 0.1) is 24.5 Å². The van der Waals surface area contributed by atoms with Crippen LogP contribution in [0.3, 0.4) is 0 Å². The second-order valence-corrected chi connectivity index (χ2v) is 8.41. The molecule has 1 aliphatic carbocycles. The molecule has 2 N–H and O–H groups in total. The number of ketones is 1. The first kappa shape index (κ1) is 18.0. The number of benzene rings is 2. The summed E-state index contributed by atoms with van der Waals surface area (Å²) in [5.74, 6) is 1.19. The van der Waals surface area contributed by atoms with E-state index in [9.17, 15) is 4.79 Å². The molecule has 0 amide bonds. The van der Waals surface area contributed by atoms with E-state index < -0.39 is 0 Å². The number of carbonyl (C=O) groups is 1. The molecular formula is C24H22N2O2S. The summed E-state index contributed by atoms with van der Waals surface area (Å²) < 4.78 is 5.63. The van der Waals surface area contributed by atoms with Gasteiger partial charge in [-0.15, -0.1) is 11.3 Å². The van der Waals surface area contributed by atoms with Crippen molar-refractivity contribution in [2.45, 2.75) is 24.8 Å². The van der Waals surface area contributed by atoms with Crippen LogP contribution in [0.5, 0.6) is 5.75 Å². The fraction of sp³-hybridized carbons (Fsp3) is 0.208.